The highest BCUT2D eigenvalue weighted by Crippen LogP contribution is 2.47. The van der Waals surface area contributed by atoms with Gasteiger partial charge in [0.05, 0.1) is 73.2 Å². The van der Waals surface area contributed by atoms with Crippen LogP contribution in [0.2, 0.25) is 0 Å². The van der Waals surface area contributed by atoms with Crippen LogP contribution >= 0.6 is 0 Å². The van der Waals surface area contributed by atoms with Gasteiger partial charge >= 0.3 is 18.5 Å². The molecular weight excluding hydrogens is 996 g/mol. The zero-order valence-corrected chi connectivity index (χ0v) is 40.3. The van der Waals surface area contributed by atoms with E-state index in [-0.39, 0.29) is 28.3 Å². The van der Waals surface area contributed by atoms with E-state index in [9.17, 15) is 44.8 Å². The minimum atomic E-state index is -5.18. The number of alkyl halides is 9. The number of aryl methyl sites for hydroxylation is 1. The smallest absolute Gasteiger partial charge is 0.307 e. The monoisotopic (exact) mass is 1030 g/mol. The lowest BCUT2D eigenvalue weighted by atomic mass is 9.95. The molecule has 4 nitrogen and oxygen atoms in total. The molecule has 0 bridgehead atoms. The van der Waals surface area contributed by atoms with Gasteiger partial charge in [-0.05, 0) is 101 Å². The van der Waals surface area contributed by atoms with Gasteiger partial charge in [0.25, 0.3) is 0 Å². The van der Waals surface area contributed by atoms with Crippen molar-refractivity contribution in [3.63, 3.8) is 0 Å². The number of hydrogen-bond acceptors (Lipinski definition) is 2. The summed E-state index contributed by atoms with van der Waals surface area (Å²) in [6.07, 6.45) is -14.9. The van der Waals surface area contributed by atoms with Gasteiger partial charge in [0, 0.05) is 38.2 Å². The van der Waals surface area contributed by atoms with Crippen molar-refractivity contribution in [2.24, 2.45) is 0 Å². The number of hydrogen-bond donors (Lipinski definition) is 0. The Morgan fingerprint density at radius 3 is 1.32 bits per heavy atom. The number of nitriles is 1. The first kappa shape index (κ1) is 48.5. The molecular formula is C64H37F9N4. The highest BCUT2D eigenvalue weighted by atomic mass is 19.4. The number of pyridine rings is 1. The maximum atomic E-state index is 14.9. The molecule has 3 aromatic heterocycles. The SMILES string of the molecule is Cc1ccc(-c2ccc3c4ccccc4n(-c4cc(C#N)c(-c5cc(-c6ccccc6)nc(-c6ccccc6)c5)cc4-n4c5ccccc5c5ccc(-c6ccc(C(F)(F)F)cc6C(F)(F)F)cc54)c3c2)c(C(F)(F)F)c1. The number of para-hydroxylation sites is 2. The Kier molecular flexibility index (Phi) is 11.4. The summed E-state index contributed by atoms with van der Waals surface area (Å²) in [5.74, 6) is 0. The second-order valence-electron chi connectivity index (χ2n) is 18.8. The second-order valence-corrected chi connectivity index (χ2v) is 18.8. The van der Waals surface area contributed by atoms with Crippen LogP contribution in [0.15, 0.2) is 206 Å². The highest BCUT2D eigenvalue weighted by Gasteiger charge is 2.39. The van der Waals surface area contributed by atoms with Crippen LogP contribution in [-0.4, -0.2) is 14.1 Å². The molecule has 0 radical (unpaired) electrons. The molecule has 0 spiro atoms. The Morgan fingerprint density at radius 2 is 0.831 bits per heavy atom. The minimum Gasteiger partial charge on any atom is -0.307 e. The van der Waals surface area contributed by atoms with Gasteiger partial charge in [0.1, 0.15) is 0 Å². The first-order valence-corrected chi connectivity index (χ1v) is 24.2. The van der Waals surface area contributed by atoms with E-state index < -0.39 is 40.8 Å². The second kappa shape index (κ2) is 18.2. The number of fused-ring (bicyclic) bond motifs is 6. The first-order chi connectivity index (χ1) is 36.9. The van der Waals surface area contributed by atoms with Crippen molar-refractivity contribution in [2.45, 2.75) is 25.5 Å². The van der Waals surface area contributed by atoms with Crippen molar-refractivity contribution in [3.8, 4) is 73.3 Å². The van der Waals surface area contributed by atoms with Crippen molar-refractivity contribution in [1.82, 2.24) is 14.1 Å². The summed E-state index contributed by atoms with van der Waals surface area (Å²) in [5.41, 5.74) is 3.27. The van der Waals surface area contributed by atoms with Gasteiger partial charge in [0.15, 0.2) is 0 Å². The van der Waals surface area contributed by atoms with Gasteiger partial charge in [-0.25, -0.2) is 4.98 Å². The number of halogens is 9. The van der Waals surface area contributed by atoms with Crippen LogP contribution < -0.4 is 0 Å². The van der Waals surface area contributed by atoms with Crippen molar-refractivity contribution < 1.29 is 39.5 Å². The summed E-state index contributed by atoms with van der Waals surface area (Å²) in [7, 11) is 0. The molecule has 0 fully saturated rings. The molecule has 0 saturated heterocycles. The van der Waals surface area contributed by atoms with Gasteiger partial charge < -0.3 is 9.13 Å². The topological polar surface area (TPSA) is 46.5 Å². The van der Waals surface area contributed by atoms with Gasteiger partial charge in [-0.15, -0.1) is 0 Å². The number of benzene rings is 9. The highest BCUT2D eigenvalue weighted by molar-refractivity contribution is 6.13. The molecule has 0 unspecified atom stereocenters. The lowest BCUT2D eigenvalue weighted by Gasteiger charge is -2.21. The van der Waals surface area contributed by atoms with E-state index in [0.717, 1.165) is 28.6 Å². The third-order valence-electron chi connectivity index (χ3n) is 14.1. The summed E-state index contributed by atoms with van der Waals surface area (Å²) < 4.78 is 135. The van der Waals surface area contributed by atoms with E-state index in [0.29, 0.717) is 83.7 Å². The van der Waals surface area contributed by atoms with Crippen LogP contribution in [-0.2, 0) is 18.5 Å². The van der Waals surface area contributed by atoms with E-state index >= 15 is 0 Å². The summed E-state index contributed by atoms with van der Waals surface area (Å²) >= 11 is 0. The van der Waals surface area contributed by atoms with Crippen molar-refractivity contribution >= 4 is 43.6 Å². The van der Waals surface area contributed by atoms with Gasteiger partial charge in [-0.1, -0.05) is 145 Å². The van der Waals surface area contributed by atoms with E-state index in [1.54, 1.807) is 49.4 Å². The largest absolute Gasteiger partial charge is 0.417 e. The molecule has 13 heteroatoms. The van der Waals surface area contributed by atoms with E-state index in [1.807, 2.05) is 130 Å². The predicted octanol–water partition coefficient (Wildman–Crippen LogP) is 18.8. The van der Waals surface area contributed by atoms with Gasteiger partial charge in [-0.2, -0.15) is 44.8 Å². The van der Waals surface area contributed by atoms with Crippen molar-refractivity contribution in [3.05, 3.63) is 234 Å². The Balaban J connectivity index is 1.22. The Bertz CT molecular complexity index is 4310. The lowest BCUT2D eigenvalue weighted by Crippen LogP contribution is -2.12. The maximum absolute atomic E-state index is 14.9. The third-order valence-corrected chi connectivity index (χ3v) is 14.1. The minimum absolute atomic E-state index is 0.0211. The zero-order chi connectivity index (χ0) is 53.5. The van der Waals surface area contributed by atoms with Crippen molar-refractivity contribution in [2.75, 3.05) is 0 Å². The van der Waals surface area contributed by atoms with E-state index in [2.05, 4.69) is 6.07 Å². The molecule has 0 aliphatic heterocycles. The Labute approximate surface area is 433 Å². The molecule has 0 atom stereocenters. The molecule has 77 heavy (non-hydrogen) atoms. The van der Waals surface area contributed by atoms with E-state index in [1.165, 1.54) is 18.2 Å². The average molecular weight is 1030 g/mol. The number of aromatic nitrogens is 3. The molecule has 0 saturated carbocycles. The molecule has 0 aliphatic carbocycles. The standard InChI is InChI=1S/C64H37F9N4/c1-37-20-24-45(52(28-37)63(68,69)70)40-21-25-49-47-16-8-10-18-56(47)76(58(49)31-40)60-33-43(36-74)51(42-29-54(38-12-4-2-5-13-38)75-55(30-42)39-14-6-3-7-15-39)35-61(60)77-57-19-11-9-17-48(57)50-26-22-41(32-59(50)77)46-27-23-44(62(65,66)67)34-53(46)64(71,72)73/h2-35H,1H3. The van der Waals surface area contributed by atoms with Crippen LogP contribution in [0.5, 0.6) is 0 Å². The molecule has 12 rings (SSSR count). The number of nitrogens with zero attached hydrogens (tertiary/aromatic N) is 4. The van der Waals surface area contributed by atoms with Gasteiger partial charge in [-0.3, -0.25) is 0 Å². The molecule has 0 amide bonds. The van der Waals surface area contributed by atoms with Crippen LogP contribution in [0, 0.1) is 18.3 Å². The Hall–Kier alpha value is -9.41. The molecule has 9 aromatic carbocycles. The summed E-state index contributed by atoms with van der Waals surface area (Å²) in [6.45, 7) is 1.59. The van der Waals surface area contributed by atoms with Crippen LogP contribution in [0.4, 0.5) is 39.5 Å². The molecule has 3 heterocycles. The van der Waals surface area contributed by atoms with Crippen LogP contribution in [0.1, 0.15) is 27.8 Å². The fourth-order valence-electron chi connectivity index (χ4n) is 10.6. The molecule has 12 aromatic rings. The molecule has 0 N–H and O–H groups in total. The van der Waals surface area contributed by atoms with Crippen LogP contribution in [0.25, 0.3) is 111 Å². The quantitative estimate of drug-likeness (QED) is 0.149. The lowest BCUT2D eigenvalue weighted by molar-refractivity contribution is -0.143. The summed E-state index contributed by atoms with van der Waals surface area (Å²) in [4.78, 5) is 5.07. The maximum Gasteiger partial charge on any atom is 0.417 e. The normalized spacial score (nSPS) is 12.3. The summed E-state index contributed by atoms with van der Waals surface area (Å²) in [5, 5.41) is 14.0. The molecule has 0 aliphatic rings. The first-order valence-electron chi connectivity index (χ1n) is 24.2. The fourth-order valence-corrected chi connectivity index (χ4v) is 10.6. The zero-order valence-electron chi connectivity index (χ0n) is 40.3. The third kappa shape index (κ3) is 8.52. The fraction of sp³-hybridized carbons (Fsp3) is 0.0625. The van der Waals surface area contributed by atoms with Crippen LogP contribution in [0.3, 0.4) is 0 Å². The predicted molar refractivity (Wildman–Crippen MR) is 285 cm³/mol. The average Bonchev–Trinajstić information content (AvgIpc) is 4.20. The van der Waals surface area contributed by atoms with Crippen molar-refractivity contribution in [1.29, 1.82) is 5.26 Å². The van der Waals surface area contributed by atoms with E-state index in [4.69, 9.17) is 4.98 Å². The Morgan fingerprint density at radius 1 is 0.377 bits per heavy atom. The number of rotatable bonds is 7. The van der Waals surface area contributed by atoms with Gasteiger partial charge in [0.2, 0.25) is 0 Å². The summed E-state index contributed by atoms with van der Waals surface area (Å²) in [6, 6.07) is 58.9. The molecule has 376 valence electrons.